The zero-order valence-corrected chi connectivity index (χ0v) is 9.69. The highest BCUT2D eigenvalue weighted by Crippen LogP contribution is 2.18. The van der Waals surface area contributed by atoms with Crippen molar-refractivity contribution in [2.75, 3.05) is 5.32 Å². The molecule has 8 heteroatoms. The van der Waals surface area contributed by atoms with Gasteiger partial charge in [-0.1, -0.05) is 12.1 Å². The molecule has 0 bridgehead atoms. The quantitative estimate of drug-likeness (QED) is 0.572. The molecule has 7 nitrogen and oxygen atoms in total. The van der Waals surface area contributed by atoms with Gasteiger partial charge in [0.2, 0.25) is 0 Å². The van der Waals surface area contributed by atoms with Crippen LogP contribution in [0, 0.1) is 0 Å². The van der Waals surface area contributed by atoms with Crippen LogP contribution in [0.15, 0.2) is 36.8 Å². The number of nitrogens with one attached hydrogen (secondary N) is 1. The maximum atomic E-state index is 10.7. The van der Waals surface area contributed by atoms with Crippen LogP contribution in [0.3, 0.4) is 0 Å². The van der Waals surface area contributed by atoms with Crippen molar-refractivity contribution in [2.24, 2.45) is 0 Å². The second-order valence-electron chi connectivity index (χ2n) is 3.70. The van der Waals surface area contributed by atoms with Crippen LogP contribution < -0.4 is 10.8 Å². The minimum absolute atomic E-state index is 0.0649. The summed E-state index contributed by atoms with van der Waals surface area (Å²) in [4.78, 5) is 18.7. The standard InChI is InChI=1S/C11H10BN3O4/c16-11(17)15-9-5-7(1-2-8(9)12(18)19)10-6-13-3-4-14-10/h1-6,15,18-19H,(H,16,17). The Bertz CT molecular complexity index is 592. The molecule has 0 atom stereocenters. The average Bonchev–Trinajstić information content (AvgIpc) is 2.38. The van der Waals surface area contributed by atoms with Crippen LogP contribution in [0.25, 0.3) is 11.3 Å². The van der Waals surface area contributed by atoms with Crippen LogP contribution in [0.4, 0.5) is 10.5 Å². The van der Waals surface area contributed by atoms with Crippen molar-refractivity contribution in [2.45, 2.75) is 0 Å². The summed E-state index contributed by atoms with van der Waals surface area (Å²) >= 11 is 0. The normalized spacial score (nSPS) is 10.0. The van der Waals surface area contributed by atoms with E-state index in [2.05, 4.69) is 15.3 Å². The van der Waals surface area contributed by atoms with Gasteiger partial charge < -0.3 is 15.2 Å². The lowest BCUT2D eigenvalue weighted by Gasteiger charge is -2.10. The van der Waals surface area contributed by atoms with Crippen molar-refractivity contribution in [3.63, 3.8) is 0 Å². The molecule has 0 saturated carbocycles. The fourth-order valence-electron chi connectivity index (χ4n) is 1.61. The molecule has 2 aromatic rings. The SMILES string of the molecule is O=C(O)Nc1cc(-c2cnccn2)ccc1B(O)O. The fraction of sp³-hybridized carbons (Fsp3) is 0. The lowest BCUT2D eigenvalue weighted by Crippen LogP contribution is -2.33. The molecule has 2 rings (SSSR count). The highest BCUT2D eigenvalue weighted by atomic mass is 16.4. The van der Waals surface area contributed by atoms with Gasteiger partial charge in [-0.15, -0.1) is 0 Å². The van der Waals surface area contributed by atoms with Crippen LogP contribution in [0.1, 0.15) is 0 Å². The number of rotatable bonds is 3. The van der Waals surface area contributed by atoms with Gasteiger partial charge >= 0.3 is 13.2 Å². The van der Waals surface area contributed by atoms with E-state index in [1.165, 1.54) is 30.7 Å². The maximum Gasteiger partial charge on any atom is 0.490 e. The predicted molar refractivity (Wildman–Crippen MR) is 68.9 cm³/mol. The summed E-state index contributed by atoms with van der Waals surface area (Å²) in [6.45, 7) is 0. The van der Waals surface area contributed by atoms with Crippen LogP contribution in [-0.4, -0.2) is 38.3 Å². The first-order valence-corrected chi connectivity index (χ1v) is 5.34. The van der Waals surface area contributed by atoms with Crippen molar-refractivity contribution in [1.29, 1.82) is 0 Å². The Balaban J connectivity index is 2.46. The van der Waals surface area contributed by atoms with Gasteiger partial charge in [0.05, 0.1) is 11.9 Å². The van der Waals surface area contributed by atoms with Gasteiger partial charge in [0.1, 0.15) is 0 Å². The Morgan fingerprint density at radius 3 is 2.63 bits per heavy atom. The molecule has 1 amide bonds. The van der Waals surface area contributed by atoms with E-state index in [9.17, 15) is 14.8 Å². The van der Waals surface area contributed by atoms with Gasteiger partial charge in [-0.05, 0) is 6.07 Å². The van der Waals surface area contributed by atoms with Gasteiger partial charge in [0, 0.05) is 29.1 Å². The molecule has 19 heavy (non-hydrogen) atoms. The summed E-state index contributed by atoms with van der Waals surface area (Å²) < 4.78 is 0. The second-order valence-corrected chi connectivity index (χ2v) is 3.70. The molecule has 1 aromatic heterocycles. The Morgan fingerprint density at radius 2 is 2.05 bits per heavy atom. The van der Waals surface area contributed by atoms with E-state index in [4.69, 9.17) is 5.11 Å². The fourth-order valence-corrected chi connectivity index (χ4v) is 1.61. The highest BCUT2D eigenvalue weighted by molar-refractivity contribution is 6.60. The first kappa shape index (κ1) is 13.0. The lowest BCUT2D eigenvalue weighted by molar-refractivity contribution is 0.210. The largest absolute Gasteiger partial charge is 0.490 e. The maximum absolute atomic E-state index is 10.7. The van der Waals surface area contributed by atoms with Gasteiger partial charge in [-0.3, -0.25) is 15.3 Å². The number of aromatic nitrogens is 2. The second kappa shape index (κ2) is 5.47. The molecule has 0 saturated heterocycles. The molecule has 1 heterocycles. The number of carboxylic acid groups (broad SMARTS) is 1. The number of carbonyl (C=O) groups is 1. The first-order valence-electron chi connectivity index (χ1n) is 5.34. The van der Waals surface area contributed by atoms with E-state index in [1.807, 2.05) is 0 Å². The van der Waals surface area contributed by atoms with Crippen molar-refractivity contribution in [1.82, 2.24) is 9.97 Å². The monoisotopic (exact) mass is 259 g/mol. The molecule has 0 aliphatic heterocycles. The Kier molecular flexibility index (Phi) is 3.74. The van der Waals surface area contributed by atoms with E-state index >= 15 is 0 Å². The Morgan fingerprint density at radius 1 is 1.26 bits per heavy atom. The number of hydrogen-bond donors (Lipinski definition) is 4. The van der Waals surface area contributed by atoms with Gasteiger partial charge in [-0.25, -0.2) is 4.79 Å². The van der Waals surface area contributed by atoms with E-state index < -0.39 is 13.2 Å². The summed E-state index contributed by atoms with van der Waals surface area (Å²) in [5, 5.41) is 29.2. The first-order chi connectivity index (χ1) is 9.08. The van der Waals surface area contributed by atoms with Crippen LogP contribution in [0.2, 0.25) is 0 Å². The molecule has 4 N–H and O–H groups in total. The van der Waals surface area contributed by atoms with E-state index in [-0.39, 0.29) is 11.2 Å². The molecule has 0 aliphatic carbocycles. The third-order valence-electron chi connectivity index (χ3n) is 2.43. The molecular formula is C11H10BN3O4. The number of benzene rings is 1. The number of nitrogens with zero attached hydrogens (tertiary/aromatic N) is 2. The Labute approximate surface area is 108 Å². The highest BCUT2D eigenvalue weighted by Gasteiger charge is 2.18. The summed E-state index contributed by atoms with van der Waals surface area (Å²) in [7, 11) is -1.77. The number of hydrogen-bond acceptors (Lipinski definition) is 5. The molecule has 0 fully saturated rings. The summed E-state index contributed by atoms with van der Waals surface area (Å²) in [5.74, 6) is 0. The molecule has 0 spiro atoms. The summed E-state index contributed by atoms with van der Waals surface area (Å²) in [6.07, 6.45) is 3.26. The van der Waals surface area contributed by atoms with E-state index in [0.29, 0.717) is 11.3 Å². The third-order valence-corrected chi connectivity index (χ3v) is 2.43. The molecule has 0 radical (unpaired) electrons. The molecule has 0 unspecified atom stereocenters. The zero-order chi connectivity index (χ0) is 13.8. The van der Waals surface area contributed by atoms with Gasteiger partial charge in [0.25, 0.3) is 0 Å². The smallest absolute Gasteiger partial charge is 0.465 e. The zero-order valence-electron chi connectivity index (χ0n) is 9.69. The van der Waals surface area contributed by atoms with Crippen LogP contribution in [-0.2, 0) is 0 Å². The lowest BCUT2D eigenvalue weighted by atomic mass is 9.78. The van der Waals surface area contributed by atoms with E-state index in [0.717, 1.165) is 0 Å². The average molecular weight is 259 g/mol. The van der Waals surface area contributed by atoms with Gasteiger partial charge in [0.15, 0.2) is 0 Å². The third kappa shape index (κ3) is 3.06. The van der Waals surface area contributed by atoms with Crippen molar-refractivity contribution >= 4 is 24.4 Å². The van der Waals surface area contributed by atoms with Crippen LogP contribution >= 0.6 is 0 Å². The van der Waals surface area contributed by atoms with Crippen molar-refractivity contribution in [3.05, 3.63) is 36.8 Å². The minimum Gasteiger partial charge on any atom is -0.465 e. The summed E-state index contributed by atoms with van der Waals surface area (Å²) in [6, 6.07) is 4.48. The predicted octanol–water partition coefficient (Wildman–Crippen LogP) is -0.0867. The summed E-state index contributed by atoms with van der Waals surface area (Å²) in [5.41, 5.74) is 1.32. The molecule has 1 aromatic carbocycles. The molecule has 96 valence electrons. The number of anilines is 1. The van der Waals surface area contributed by atoms with Gasteiger partial charge in [-0.2, -0.15) is 0 Å². The Hall–Kier alpha value is -2.45. The molecular weight excluding hydrogens is 249 g/mol. The van der Waals surface area contributed by atoms with E-state index in [1.54, 1.807) is 6.07 Å². The topological polar surface area (TPSA) is 116 Å². The van der Waals surface area contributed by atoms with Crippen molar-refractivity contribution < 1.29 is 19.9 Å². The minimum atomic E-state index is -1.77. The van der Waals surface area contributed by atoms with Crippen molar-refractivity contribution in [3.8, 4) is 11.3 Å². The molecule has 0 aliphatic rings. The number of amides is 1. The van der Waals surface area contributed by atoms with Crippen LogP contribution in [0.5, 0.6) is 0 Å².